The molecule has 194 valence electrons. The fourth-order valence-electron chi connectivity index (χ4n) is 4.91. The van der Waals surface area contributed by atoms with Gasteiger partial charge in [-0.25, -0.2) is 0 Å². The number of unbranched alkanes of at least 4 members (excludes halogenated alkanes) is 24. The molecule has 0 fully saturated rings. The van der Waals surface area contributed by atoms with E-state index in [9.17, 15) is 0 Å². The van der Waals surface area contributed by atoms with Crippen molar-refractivity contribution < 1.29 is 0 Å². The van der Waals surface area contributed by atoms with E-state index in [4.69, 9.17) is 0 Å². The quantitative estimate of drug-likeness (QED) is 0.107. The summed E-state index contributed by atoms with van der Waals surface area (Å²) in [6.45, 7) is 7.24. The van der Waals surface area contributed by atoms with E-state index < -0.39 is 0 Å². The zero-order chi connectivity index (χ0) is 23.4. The van der Waals surface area contributed by atoms with Gasteiger partial charge in [0.15, 0.2) is 0 Å². The molecule has 32 heavy (non-hydrogen) atoms. The van der Waals surface area contributed by atoms with E-state index in [1.807, 2.05) is 0 Å². The molecule has 0 aromatic carbocycles. The molecule has 0 rings (SSSR count). The van der Waals surface area contributed by atoms with Crippen molar-refractivity contribution >= 4 is 0 Å². The van der Waals surface area contributed by atoms with Gasteiger partial charge in [0.25, 0.3) is 0 Å². The highest BCUT2D eigenvalue weighted by atomic mass is 15.1. The van der Waals surface area contributed by atoms with Crippen LogP contribution in [-0.2, 0) is 0 Å². The lowest BCUT2D eigenvalue weighted by atomic mass is 10.0. The standard InChI is InChI=1S/C31H65N/c1-4-6-8-10-12-14-15-16-17-18-19-20-21-22-23-25-27-29-31-32(3)30-28-26-24-13-11-9-7-5-2/h4-31H2,1-3H3. The van der Waals surface area contributed by atoms with Crippen molar-refractivity contribution in [2.75, 3.05) is 20.1 Å². The Bertz CT molecular complexity index is 314. The summed E-state index contributed by atoms with van der Waals surface area (Å²) in [7, 11) is 2.33. The van der Waals surface area contributed by atoms with Crippen molar-refractivity contribution in [3.8, 4) is 0 Å². The molecule has 0 atom stereocenters. The normalized spacial score (nSPS) is 11.6. The molecule has 0 radical (unpaired) electrons. The second kappa shape index (κ2) is 29.0. The minimum Gasteiger partial charge on any atom is -0.306 e. The van der Waals surface area contributed by atoms with Crippen LogP contribution in [0.15, 0.2) is 0 Å². The Labute approximate surface area is 205 Å². The zero-order valence-electron chi connectivity index (χ0n) is 23.2. The average Bonchev–Trinajstić information content (AvgIpc) is 2.80. The second-order valence-corrected chi connectivity index (χ2v) is 10.8. The third-order valence-corrected chi connectivity index (χ3v) is 7.29. The molecule has 0 aliphatic heterocycles. The van der Waals surface area contributed by atoms with Crippen LogP contribution in [0, 0.1) is 0 Å². The van der Waals surface area contributed by atoms with Gasteiger partial charge in [-0.1, -0.05) is 168 Å². The molecule has 0 saturated carbocycles. The van der Waals surface area contributed by atoms with Crippen molar-refractivity contribution in [2.24, 2.45) is 0 Å². The number of hydrogen-bond donors (Lipinski definition) is 0. The summed E-state index contributed by atoms with van der Waals surface area (Å²) in [5.41, 5.74) is 0. The van der Waals surface area contributed by atoms with E-state index in [2.05, 4.69) is 25.8 Å². The molecule has 0 spiro atoms. The first kappa shape index (κ1) is 32.0. The first-order chi connectivity index (χ1) is 15.8. The maximum absolute atomic E-state index is 2.57. The Morgan fingerprint density at radius 3 is 0.688 bits per heavy atom. The summed E-state index contributed by atoms with van der Waals surface area (Å²) in [6.07, 6.45) is 37.9. The molecule has 0 aromatic rings. The third kappa shape index (κ3) is 28.0. The topological polar surface area (TPSA) is 3.24 Å². The van der Waals surface area contributed by atoms with Crippen LogP contribution in [-0.4, -0.2) is 25.0 Å². The smallest absolute Gasteiger partial charge is 0.00218 e. The summed E-state index contributed by atoms with van der Waals surface area (Å²) < 4.78 is 0. The molecular formula is C31H65N. The van der Waals surface area contributed by atoms with E-state index in [-0.39, 0.29) is 0 Å². The second-order valence-electron chi connectivity index (χ2n) is 10.8. The number of hydrogen-bond acceptors (Lipinski definition) is 1. The molecule has 0 saturated heterocycles. The van der Waals surface area contributed by atoms with Crippen molar-refractivity contribution in [3.63, 3.8) is 0 Å². The molecule has 0 bridgehead atoms. The van der Waals surface area contributed by atoms with Crippen LogP contribution in [0.4, 0.5) is 0 Å². The lowest BCUT2D eigenvalue weighted by Gasteiger charge is -2.16. The summed E-state index contributed by atoms with van der Waals surface area (Å²) >= 11 is 0. The zero-order valence-corrected chi connectivity index (χ0v) is 23.2. The molecule has 0 N–H and O–H groups in total. The first-order valence-electron chi connectivity index (χ1n) is 15.5. The first-order valence-corrected chi connectivity index (χ1v) is 15.5. The predicted molar refractivity (Wildman–Crippen MR) is 149 cm³/mol. The highest BCUT2D eigenvalue weighted by Gasteiger charge is 1.99. The van der Waals surface area contributed by atoms with Gasteiger partial charge >= 0.3 is 0 Å². The van der Waals surface area contributed by atoms with Gasteiger partial charge < -0.3 is 4.90 Å². The lowest BCUT2D eigenvalue weighted by molar-refractivity contribution is 0.314. The largest absolute Gasteiger partial charge is 0.306 e. The molecule has 0 heterocycles. The Hall–Kier alpha value is -0.0400. The fraction of sp³-hybridized carbons (Fsp3) is 1.00. The minimum atomic E-state index is 1.31. The van der Waals surface area contributed by atoms with Crippen LogP contribution in [0.3, 0.4) is 0 Å². The summed E-state index contributed by atoms with van der Waals surface area (Å²) in [6, 6.07) is 0. The van der Waals surface area contributed by atoms with Crippen LogP contribution in [0.25, 0.3) is 0 Å². The number of nitrogens with zero attached hydrogens (tertiary/aromatic N) is 1. The van der Waals surface area contributed by atoms with Crippen LogP contribution >= 0.6 is 0 Å². The highest BCUT2D eigenvalue weighted by molar-refractivity contribution is 4.55. The van der Waals surface area contributed by atoms with Gasteiger partial charge in [-0.15, -0.1) is 0 Å². The molecule has 1 heteroatoms. The molecule has 0 aliphatic carbocycles. The van der Waals surface area contributed by atoms with E-state index in [0.717, 1.165) is 0 Å². The fourth-order valence-corrected chi connectivity index (χ4v) is 4.91. The summed E-state index contributed by atoms with van der Waals surface area (Å²) in [5.74, 6) is 0. The van der Waals surface area contributed by atoms with Crippen molar-refractivity contribution in [1.82, 2.24) is 4.90 Å². The maximum atomic E-state index is 2.57. The van der Waals surface area contributed by atoms with Gasteiger partial charge in [0.05, 0.1) is 0 Å². The Morgan fingerprint density at radius 1 is 0.281 bits per heavy atom. The number of rotatable bonds is 28. The van der Waals surface area contributed by atoms with E-state index in [0.29, 0.717) is 0 Å². The Kier molecular flexibility index (Phi) is 29.0. The van der Waals surface area contributed by atoms with Gasteiger partial charge in [-0.3, -0.25) is 0 Å². The van der Waals surface area contributed by atoms with Crippen molar-refractivity contribution in [2.45, 2.75) is 181 Å². The Morgan fingerprint density at radius 2 is 0.469 bits per heavy atom. The van der Waals surface area contributed by atoms with E-state index in [1.54, 1.807) is 0 Å². The molecule has 0 aliphatic rings. The molecule has 0 unspecified atom stereocenters. The van der Waals surface area contributed by atoms with Gasteiger partial charge in [0, 0.05) is 0 Å². The van der Waals surface area contributed by atoms with Gasteiger partial charge in [0.2, 0.25) is 0 Å². The SMILES string of the molecule is CCCCCCCCCCCCCCCCCCCCN(C)CCCCCCCCCC. The minimum absolute atomic E-state index is 1.31. The van der Waals surface area contributed by atoms with Crippen LogP contribution in [0.5, 0.6) is 0 Å². The van der Waals surface area contributed by atoms with Crippen LogP contribution in [0.1, 0.15) is 181 Å². The van der Waals surface area contributed by atoms with E-state index in [1.165, 1.54) is 180 Å². The van der Waals surface area contributed by atoms with E-state index >= 15 is 0 Å². The van der Waals surface area contributed by atoms with Crippen LogP contribution < -0.4 is 0 Å². The molecule has 0 amide bonds. The van der Waals surface area contributed by atoms with Gasteiger partial charge in [0.1, 0.15) is 0 Å². The Balaban J connectivity index is 3.10. The molecule has 0 aromatic heterocycles. The monoisotopic (exact) mass is 452 g/mol. The summed E-state index contributed by atoms with van der Waals surface area (Å²) in [5, 5.41) is 0. The van der Waals surface area contributed by atoms with Crippen LogP contribution in [0.2, 0.25) is 0 Å². The van der Waals surface area contributed by atoms with Crippen molar-refractivity contribution in [1.29, 1.82) is 0 Å². The average molecular weight is 452 g/mol. The van der Waals surface area contributed by atoms with Crippen molar-refractivity contribution in [3.05, 3.63) is 0 Å². The van der Waals surface area contributed by atoms with Gasteiger partial charge in [-0.05, 0) is 33.0 Å². The lowest BCUT2D eigenvalue weighted by Crippen LogP contribution is -2.20. The predicted octanol–water partition coefficient (Wildman–Crippen LogP) is 11.1. The maximum Gasteiger partial charge on any atom is -0.00218 e. The van der Waals surface area contributed by atoms with Gasteiger partial charge in [-0.2, -0.15) is 0 Å². The summed E-state index contributed by atoms with van der Waals surface area (Å²) in [4.78, 5) is 2.57. The third-order valence-electron chi connectivity index (χ3n) is 7.29. The highest BCUT2D eigenvalue weighted by Crippen LogP contribution is 2.14. The molecular weight excluding hydrogens is 386 g/mol. The molecule has 1 nitrogen and oxygen atoms in total.